The van der Waals surface area contributed by atoms with Crippen LogP contribution < -0.4 is 5.73 Å². The molecular weight excluding hydrogens is 250 g/mol. The molecule has 1 fully saturated rings. The van der Waals surface area contributed by atoms with E-state index in [1.54, 1.807) is 0 Å². The summed E-state index contributed by atoms with van der Waals surface area (Å²) >= 11 is 0. The molecule has 0 aliphatic carbocycles. The van der Waals surface area contributed by atoms with Gasteiger partial charge in [0, 0.05) is 57.6 Å². The lowest BCUT2D eigenvalue weighted by atomic mass is 10.0. The fourth-order valence-corrected chi connectivity index (χ4v) is 3.14. The molecule has 2 heterocycles. The van der Waals surface area contributed by atoms with Crippen LogP contribution in [0.25, 0.3) is 0 Å². The van der Waals surface area contributed by atoms with E-state index < -0.39 is 0 Å². The van der Waals surface area contributed by atoms with Gasteiger partial charge in [-0.15, -0.1) is 0 Å². The van der Waals surface area contributed by atoms with Crippen LogP contribution in [-0.2, 0) is 13.5 Å². The topological polar surface area (TPSA) is 50.3 Å². The van der Waals surface area contributed by atoms with Crippen molar-refractivity contribution in [2.24, 2.45) is 12.8 Å². The van der Waals surface area contributed by atoms with Crippen molar-refractivity contribution >= 4 is 0 Å². The molecule has 0 spiro atoms. The fraction of sp³-hybridized carbons (Fsp3) is 0.800. The summed E-state index contributed by atoms with van der Waals surface area (Å²) in [6, 6.07) is 0.950. The number of hydrogen-bond donors (Lipinski definition) is 1. The van der Waals surface area contributed by atoms with Crippen molar-refractivity contribution in [3.63, 3.8) is 0 Å². The first kappa shape index (κ1) is 15.5. The zero-order valence-electron chi connectivity index (χ0n) is 13.3. The zero-order chi connectivity index (χ0) is 14.7. The van der Waals surface area contributed by atoms with Gasteiger partial charge in [0.05, 0.1) is 11.7 Å². The fourth-order valence-electron chi connectivity index (χ4n) is 3.14. The molecule has 0 radical (unpaired) electrons. The van der Waals surface area contributed by atoms with Crippen LogP contribution >= 0.6 is 0 Å². The lowest BCUT2D eigenvalue weighted by molar-refractivity contribution is 0.0800. The maximum absolute atomic E-state index is 6.07. The van der Waals surface area contributed by atoms with Crippen LogP contribution in [0.1, 0.15) is 38.1 Å². The van der Waals surface area contributed by atoms with Gasteiger partial charge in [-0.2, -0.15) is 5.10 Å². The molecule has 1 aliphatic rings. The molecule has 2 N–H and O–H groups in total. The second kappa shape index (κ2) is 6.70. The van der Waals surface area contributed by atoms with E-state index in [-0.39, 0.29) is 0 Å². The van der Waals surface area contributed by atoms with E-state index in [0.717, 1.165) is 32.6 Å². The highest BCUT2D eigenvalue weighted by atomic mass is 15.3. The van der Waals surface area contributed by atoms with Gasteiger partial charge in [0.1, 0.15) is 0 Å². The van der Waals surface area contributed by atoms with Gasteiger partial charge in [0.25, 0.3) is 0 Å². The molecule has 20 heavy (non-hydrogen) atoms. The third-order valence-electron chi connectivity index (χ3n) is 4.37. The summed E-state index contributed by atoms with van der Waals surface area (Å²) in [5.74, 6) is 0. The Balaban J connectivity index is 2.09. The van der Waals surface area contributed by atoms with E-state index in [1.165, 1.54) is 11.3 Å². The summed E-state index contributed by atoms with van der Waals surface area (Å²) in [5, 5.41) is 4.56. The quantitative estimate of drug-likeness (QED) is 0.874. The highest BCUT2D eigenvalue weighted by molar-refractivity contribution is 5.22. The van der Waals surface area contributed by atoms with Crippen LogP contribution in [0.4, 0.5) is 0 Å². The molecule has 1 atom stereocenters. The maximum Gasteiger partial charge on any atom is 0.0670 e. The minimum absolute atomic E-state index is 0.313. The van der Waals surface area contributed by atoms with Crippen LogP contribution in [0.3, 0.4) is 0 Å². The third-order valence-corrected chi connectivity index (χ3v) is 4.37. The van der Waals surface area contributed by atoms with Crippen LogP contribution in [0.2, 0.25) is 0 Å². The summed E-state index contributed by atoms with van der Waals surface area (Å²) in [6.45, 7) is 11.8. The highest BCUT2D eigenvalue weighted by Crippen LogP contribution is 2.24. The number of aromatic nitrogens is 2. The Morgan fingerprint density at radius 2 is 1.80 bits per heavy atom. The van der Waals surface area contributed by atoms with E-state index in [0.29, 0.717) is 18.6 Å². The molecule has 0 bridgehead atoms. The van der Waals surface area contributed by atoms with Gasteiger partial charge in [-0.05, 0) is 20.3 Å². The molecule has 1 aliphatic heterocycles. The van der Waals surface area contributed by atoms with E-state index >= 15 is 0 Å². The Morgan fingerprint density at radius 3 is 2.30 bits per heavy atom. The van der Waals surface area contributed by atoms with Crippen LogP contribution in [0, 0.1) is 0 Å². The smallest absolute Gasteiger partial charge is 0.0670 e. The summed E-state index contributed by atoms with van der Waals surface area (Å²) in [7, 11) is 1.99. The third kappa shape index (κ3) is 3.22. The Kier molecular flexibility index (Phi) is 5.18. The molecule has 2 rings (SSSR count). The number of rotatable bonds is 5. The average molecular weight is 279 g/mol. The van der Waals surface area contributed by atoms with E-state index in [4.69, 9.17) is 5.73 Å². The normalized spacial score (nSPS) is 19.7. The van der Waals surface area contributed by atoms with Crippen LogP contribution in [0.5, 0.6) is 0 Å². The monoisotopic (exact) mass is 279 g/mol. The molecule has 114 valence electrons. The molecule has 0 saturated carbocycles. The first-order valence-corrected chi connectivity index (χ1v) is 7.77. The summed E-state index contributed by atoms with van der Waals surface area (Å²) in [6.07, 6.45) is 3.11. The number of piperazine rings is 1. The summed E-state index contributed by atoms with van der Waals surface area (Å²) in [4.78, 5) is 5.06. The van der Waals surface area contributed by atoms with Crippen molar-refractivity contribution in [3.05, 3.63) is 17.5 Å². The maximum atomic E-state index is 6.07. The predicted octanol–water partition coefficient (Wildman–Crippen LogP) is 1.01. The standard InChI is InChI=1S/C15H29N5/c1-5-14-13(11-18(4)17-14)15(10-16)20-8-6-19(7-9-20)12(2)3/h11-12,15H,5-10,16H2,1-4H3. The largest absolute Gasteiger partial charge is 0.329 e. The van der Waals surface area contributed by atoms with Crippen molar-refractivity contribution in [1.82, 2.24) is 19.6 Å². The van der Waals surface area contributed by atoms with E-state index in [1.807, 2.05) is 11.7 Å². The molecule has 1 aromatic rings. The summed E-state index contributed by atoms with van der Waals surface area (Å²) in [5.41, 5.74) is 8.58. The molecule has 0 aromatic carbocycles. The van der Waals surface area contributed by atoms with Crippen LogP contribution in [0.15, 0.2) is 6.20 Å². The van der Waals surface area contributed by atoms with E-state index in [2.05, 4.69) is 41.9 Å². The van der Waals surface area contributed by atoms with Gasteiger partial charge in [-0.25, -0.2) is 0 Å². The van der Waals surface area contributed by atoms with Crippen molar-refractivity contribution in [1.29, 1.82) is 0 Å². The van der Waals surface area contributed by atoms with Crippen molar-refractivity contribution in [2.75, 3.05) is 32.7 Å². The number of nitrogens with zero attached hydrogens (tertiary/aromatic N) is 4. The molecular formula is C15H29N5. The number of nitrogens with two attached hydrogens (primary N) is 1. The van der Waals surface area contributed by atoms with Crippen molar-refractivity contribution in [3.8, 4) is 0 Å². The second-order valence-electron chi connectivity index (χ2n) is 5.98. The SMILES string of the molecule is CCc1nn(C)cc1C(CN)N1CCN(C(C)C)CC1. The lowest BCUT2D eigenvalue weighted by Crippen LogP contribution is -2.51. The Labute approximate surface area is 122 Å². The minimum atomic E-state index is 0.313. The van der Waals surface area contributed by atoms with Crippen LogP contribution in [-0.4, -0.2) is 58.3 Å². The van der Waals surface area contributed by atoms with Gasteiger partial charge in [-0.1, -0.05) is 6.92 Å². The highest BCUT2D eigenvalue weighted by Gasteiger charge is 2.27. The Morgan fingerprint density at radius 1 is 1.20 bits per heavy atom. The first-order chi connectivity index (χ1) is 9.56. The molecule has 1 unspecified atom stereocenters. The Hall–Kier alpha value is -0.910. The van der Waals surface area contributed by atoms with E-state index in [9.17, 15) is 0 Å². The summed E-state index contributed by atoms with van der Waals surface area (Å²) < 4.78 is 1.92. The van der Waals surface area contributed by atoms with Gasteiger partial charge in [0.2, 0.25) is 0 Å². The lowest BCUT2D eigenvalue weighted by Gasteiger charge is -2.40. The first-order valence-electron chi connectivity index (χ1n) is 7.77. The molecule has 5 heteroatoms. The molecule has 1 aromatic heterocycles. The van der Waals surface area contributed by atoms with Crippen molar-refractivity contribution < 1.29 is 0 Å². The second-order valence-corrected chi connectivity index (χ2v) is 5.98. The molecule has 1 saturated heterocycles. The average Bonchev–Trinajstić information content (AvgIpc) is 2.81. The van der Waals surface area contributed by atoms with Gasteiger partial charge in [-0.3, -0.25) is 14.5 Å². The zero-order valence-corrected chi connectivity index (χ0v) is 13.3. The number of hydrogen-bond acceptors (Lipinski definition) is 4. The molecule has 5 nitrogen and oxygen atoms in total. The predicted molar refractivity (Wildman–Crippen MR) is 82.7 cm³/mol. The van der Waals surface area contributed by atoms with Crippen molar-refractivity contribution in [2.45, 2.75) is 39.3 Å². The van der Waals surface area contributed by atoms with Gasteiger partial charge < -0.3 is 5.73 Å². The van der Waals surface area contributed by atoms with Gasteiger partial charge >= 0.3 is 0 Å². The molecule has 0 amide bonds. The van der Waals surface area contributed by atoms with Gasteiger partial charge in [0.15, 0.2) is 0 Å². The Bertz CT molecular complexity index is 418. The number of aryl methyl sites for hydroxylation is 2. The minimum Gasteiger partial charge on any atom is -0.329 e.